The summed E-state index contributed by atoms with van der Waals surface area (Å²) < 4.78 is 11.9. The number of fused-ring (bicyclic) bond motifs is 2. The zero-order chi connectivity index (χ0) is 19.5. The average molecular weight is 387 g/mol. The lowest BCUT2D eigenvalue weighted by Crippen LogP contribution is -2.70. The summed E-state index contributed by atoms with van der Waals surface area (Å²) in [5, 5.41) is 0. The van der Waals surface area contributed by atoms with Crippen LogP contribution in [0.4, 0.5) is 0 Å². The van der Waals surface area contributed by atoms with Crippen molar-refractivity contribution in [1.29, 1.82) is 0 Å². The SMILES string of the molecule is C[C@@H]1CC[C@H]2[C@@H](CCC(=O)[C]3[CH][CH][CH][CH]3)C(=O)O[C@@H]3O[C@@]4(C)CC[C@@H]1[C@]32OO4. The van der Waals surface area contributed by atoms with Crippen molar-refractivity contribution in [2.24, 2.45) is 23.7 Å². The second kappa shape index (κ2) is 6.78. The van der Waals surface area contributed by atoms with Gasteiger partial charge in [0, 0.05) is 30.6 Å². The summed E-state index contributed by atoms with van der Waals surface area (Å²) in [5.41, 5.74) is -0.768. The minimum atomic E-state index is -0.877. The van der Waals surface area contributed by atoms with Gasteiger partial charge >= 0.3 is 5.97 Å². The first-order chi connectivity index (χ1) is 13.4. The van der Waals surface area contributed by atoms with E-state index in [1.165, 1.54) is 0 Å². The Hall–Kier alpha value is -0.980. The van der Waals surface area contributed by atoms with Crippen LogP contribution in [0.5, 0.6) is 0 Å². The zero-order valence-electron chi connectivity index (χ0n) is 16.4. The quantitative estimate of drug-likeness (QED) is 0.545. The number of carbonyl (C=O) groups is 2. The van der Waals surface area contributed by atoms with E-state index in [-0.39, 0.29) is 29.5 Å². The summed E-state index contributed by atoms with van der Waals surface area (Å²) in [6.45, 7) is 4.08. The van der Waals surface area contributed by atoms with Gasteiger partial charge in [-0.15, -0.1) is 0 Å². The summed E-state index contributed by atoms with van der Waals surface area (Å²) in [6, 6.07) is 0. The summed E-state index contributed by atoms with van der Waals surface area (Å²) in [6.07, 6.45) is 10.9. The van der Waals surface area contributed by atoms with Crippen LogP contribution in [0.1, 0.15) is 52.4 Å². The van der Waals surface area contributed by atoms with Crippen molar-refractivity contribution in [2.45, 2.75) is 70.1 Å². The van der Waals surface area contributed by atoms with E-state index in [9.17, 15) is 9.59 Å². The fourth-order valence-electron chi connectivity index (χ4n) is 5.93. The topological polar surface area (TPSA) is 71.1 Å². The van der Waals surface area contributed by atoms with Gasteiger partial charge in [0.2, 0.25) is 12.1 Å². The molecule has 0 aromatic carbocycles. The molecule has 4 aliphatic heterocycles. The van der Waals surface area contributed by atoms with Gasteiger partial charge in [-0.3, -0.25) is 9.59 Å². The van der Waals surface area contributed by atoms with Crippen molar-refractivity contribution in [3.05, 3.63) is 31.6 Å². The summed E-state index contributed by atoms with van der Waals surface area (Å²) >= 11 is 0. The molecule has 6 rings (SSSR count). The number of carbonyl (C=O) groups excluding carboxylic acids is 2. The van der Waals surface area contributed by atoms with Crippen molar-refractivity contribution < 1.29 is 28.8 Å². The number of hydrogen-bond donors (Lipinski definition) is 0. The minimum absolute atomic E-state index is 0.0589. The van der Waals surface area contributed by atoms with Gasteiger partial charge in [-0.05, 0) is 64.2 Å². The van der Waals surface area contributed by atoms with E-state index in [1.54, 1.807) is 0 Å². The second-order valence-corrected chi connectivity index (χ2v) is 9.09. The molecule has 2 bridgehead atoms. The Labute approximate surface area is 166 Å². The van der Waals surface area contributed by atoms with E-state index in [2.05, 4.69) is 6.92 Å². The van der Waals surface area contributed by atoms with Crippen molar-refractivity contribution in [1.82, 2.24) is 0 Å². The molecule has 1 spiro atoms. The summed E-state index contributed by atoms with van der Waals surface area (Å²) in [5.74, 6) is -0.182. The Morgan fingerprint density at radius 1 is 1.14 bits per heavy atom. The van der Waals surface area contributed by atoms with Gasteiger partial charge in [0.25, 0.3) is 0 Å². The number of Topliss-reactive ketones (excluding diaryl/α,β-unsaturated/α-hetero) is 1. The van der Waals surface area contributed by atoms with Gasteiger partial charge in [0.05, 0.1) is 5.92 Å². The maximum absolute atomic E-state index is 12.9. The molecule has 6 aliphatic rings. The van der Waals surface area contributed by atoms with E-state index < -0.39 is 17.7 Å². The summed E-state index contributed by atoms with van der Waals surface area (Å²) in [7, 11) is 0. The maximum atomic E-state index is 12.9. The molecule has 151 valence electrons. The molecule has 0 aromatic heterocycles. The molecule has 7 atom stereocenters. The molecule has 6 nitrogen and oxygen atoms in total. The molecular formula is C22H27O6. The van der Waals surface area contributed by atoms with E-state index in [1.807, 2.05) is 32.6 Å². The molecule has 2 aliphatic carbocycles. The molecular weight excluding hydrogens is 360 g/mol. The van der Waals surface area contributed by atoms with Crippen LogP contribution in [0.15, 0.2) is 0 Å². The lowest BCUT2D eigenvalue weighted by atomic mass is 9.57. The van der Waals surface area contributed by atoms with Crippen LogP contribution >= 0.6 is 0 Å². The lowest BCUT2D eigenvalue weighted by molar-refractivity contribution is -0.559. The first kappa shape index (κ1) is 19.0. The van der Waals surface area contributed by atoms with Gasteiger partial charge in [0.1, 0.15) is 5.78 Å². The van der Waals surface area contributed by atoms with Crippen LogP contribution in [0, 0.1) is 55.3 Å². The number of rotatable bonds is 4. The molecule has 0 aromatic rings. The van der Waals surface area contributed by atoms with Gasteiger partial charge in [-0.2, -0.15) is 0 Å². The molecule has 5 radical (unpaired) electrons. The molecule has 0 N–H and O–H groups in total. The van der Waals surface area contributed by atoms with Gasteiger partial charge in [-0.25, -0.2) is 9.78 Å². The van der Waals surface area contributed by atoms with Crippen LogP contribution < -0.4 is 0 Å². The zero-order valence-corrected chi connectivity index (χ0v) is 16.4. The van der Waals surface area contributed by atoms with E-state index in [0.717, 1.165) is 19.3 Å². The molecule has 0 unspecified atom stereocenters. The van der Waals surface area contributed by atoms with Crippen LogP contribution in [0.2, 0.25) is 0 Å². The largest absolute Gasteiger partial charge is 0.432 e. The third kappa shape index (κ3) is 2.78. The van der Waals surface area contributed by atoms with Crippen molar-refractivity contribution in [3.8, 4) is 0 Å². The maximum Gasteiger partial charge on any atom is 0.311 e. The van der Waals surface area contributed by atoms with Gasteiger partial charge < -0.3 is 9.47 Å². The average Bonchev–Trinajstić information content (AvgIpc) is 3.11. The van der Waals surface area contributed by atoms with Gasteiger partial charge in [-0.1, -0.05) is 6.92 Å². The Bertz CT molecular complexity index is 657. The molecule has 4 saturated heterocycles. The van der Waals surface area contributed by atoms with Crippen molar-refractivity contribution in [2.75, 3.05) is 0 Å². The Morgan fingerprint density at radius 2 is 1.93 bits per heavy atom. The lowest BCUT2D eigenvalue weighted by Gasteiger charge is -2.58. The van der Waals surface area contributed by atoms with E-state index in [4.69, 9.17) is 19.2 Å². The second-order valence-electron chi connectivity index (χ2n) is 9.09. The fraction of sp³-hybridized carbons (Fsp3) is 0.682. The van der Waals surface area contributed by atoms with E-state index >= 15 is 0 Å². The Balaban J connectivity index is 1.40. The Kier molecular flexibility index (Phi) is 4.60. The number of ketones is 1. The van der Waals surface area contributed by atoms with Crippen LogP contribution in [-0.2, 0) is 28.8 Å². The third-order valence-electron chi connectivity index (χ3n) is 7.45. The predicted molar refractivity (Wildman–Crippen MR) is 97.1 cm³/mol. The van der Waals surface area contributed by atoms with Crippen molar-refractivity contribution >= 4 is 11.8 Å². The fourth-order valence-corrected chi connectivity index (χ4v) is 5.93. The first-order valence-corrected chi connectivity index (χ1v) is 10.4. The molecule has 4 heterocycles. The monoisotopic (exact) mass is 387 g/mol. The van der Waals surface area contributed by atoms with Crippen LogP contribution in [-0.4, -0.2) is 29.4 Å². The standard InChI is InChI=1S/C22H27O6/c1-13-7-9-17-15(8-10-18(23)14-5-3-4-6-14)19(24)25-20-22(17)16(13)11-12-21(2,26-20)27-28-22/h3-6,13,15-17,20H,7-12H2,1-2H3/t13-,15-,16+,17+,20-,21-,22-/m1/s1. The number of esters is 1. The van der Waals surface area contributed by atoms with Crippen LogP contribution in [0.25, 0.3) is 0 Å². The number of ether oxygens (including phenoxy) is 2. The molecule has 6 fully saturated rings. The smallest absolute Gasteiger partial charge is 0.311 e. The third-order valence-corrected chi connectivity index (χ3v) is 7.45. The Morgan fingerprint density at radius 3 is 2.71 bits per heavy atom. The highest BCUT2D eigenvalue weighted by Crippen LogP contribution is 2.60. The molecule has 28 heavy (non-hydrogen) atoms. The van der Waals surface area contributed by atoms with E-state index in [0.29, 0.717) is 31.1 Å². The summed E-state index contributed by atoms with van der Waals surface area (Å²) in [4.78, 5) is 37.2. The predicted octanol–water partition coefficient (Wildman–Crippen LogP) is 3.13. The van der Waals surface area contributed by atoms with Gasteiger partial charge in [0.15, 0.2) is 5.60 Å². The minimum Gasteiger partial charge on any atom is -0.432 e. The number of hydrogen-bond acceptors (Lipinski definition) is 6. The first-order valence-electron chi connectivity index (χ1n) is 10.4. The normalized spacial score (nSPS) is 48.1. The highest BCUT2D eigenvalue weighted by Gasteiger charge is 2.70. The highest BCUT2D eigenvalue weighted by atomic mass is 17.3. The molecule has 2 saturated carbocycles. The van der Waals surface area contributed by atoms with Crippen molar-refractivity contribution in [3.63, 3.8) is 0 Å². The molecule has 0 amide bonds. The molecule has 6 heteroatoms. The van der Waals surface area contributed by atoms with Crippen LogP contribution in [0.3, 0.4) is 0 Å². The highest BCUT2D eigenvalue weighted by molar-refractivity contribution is 5.97.